The number of carbonyl (C=O) groups is 3. The largest absolute Gasteiger partial charge is 0.481 e. The van der Waals surface area contributed by atoms with Gasteiger partial charge in [-0.15, -0.1) is 6.58 Å². The highest BCUT2D eigenvalue weighted by Crippen LogP contribution is 2.19. The van der Waals surface area contributed by atoms with Crippen LogP contribution in [-0.2, 0) is 14.4 Å². The smallest absolute Gasteiger partial charge is 0.303 e. The van der Waals surface area contributed by atoms with Crippen molar-refractivity contribution in [3.63, 3.8) is 0 Å². The summed E-state index contributed by atoms with van der Waals surface area (Å²) in [5.41, 5.74) is 0. The van der Waals surface area contributed by atoms with E-state index in [2.05, 4.69) is 6.58 Å². The summed E-state index contributed by atoms with van der Waals surface area (Å²) in [6, 6.07) is 0. The number of aliphatic carboxylic acids is 3. The number of hydrogen-bond donors (Lipinski definition) is 3. The van der Waals surface area contributed by atoms with E-state index in [1.807, 2.05) is 6.08 Å². The predicted molar refractivity (Wildman–Crippen MR) is 141 cm³/mol. The molecule has 0 atom stereocenters. The molecule has 0 aromatic carbocycles. The minimum absolute atomic E-state index is 0.0900. The molecule has 0 fully saturated rings. The van der Waals surface area contributed by atoms with Crippen LogP contribution in [0, 0.1) is 0 Å². The first-order valence-electron chi connectivity index (χ1n) is 13.9. The lowest BCUT2D eigenvalue weighted by Gasteiger charge is -2.39. The van der Waals surface area contributed by atoms with Crippen LogP contribution in [0.1, 0.15) is 122 Å². The maximum Gasteiger partial charge on any atom is 0.303 e. The van der Waals surface area contributed by atoms with Crippen molar-refractivity contribution in [3.8, 4) is 0 Å². The maximum atomic E-state index is 11.0. The number of allylic oxidation sites excluding steroid dienone is 1. The Hall–Kier alpha value is -1.89. The number of carboxylic acids is 3. The van der Waals surface area contributed by atoms with Gasteiger partial charge in [0, 0.05) is 19.3 Å². The molecule has 0 unspecified atom stereocenters. The second kappa shape index (κ2) is 22.6. The van der Waals surface area contributed by atoms with E-state index in [0.717, 1.165) is 25.8 Å². The molecule has 204 valence electrons. The first-order chi connectivity index (χ1) is 16.8. The topological polar surface area (TPSA) is 112 Å². The van der Waals surface area contributed by atoms with Gasteiger partial charge in [-0.05, 0) is 25.7 Å². The Morgan fingerprint density at radius 3 is 1.09 bits per heavy atom. The standard InChI is InChI=1S/C28H51NO6/c1-2-3-4-5-6-7-8-9-10-11-12-13-14-15-22-29(23-16-19-26(30)31,24-17-20-27(32)33)25-18-21-28(34)35/h2H,1,3-25H2,(H2-,30,31,32,33,34,35)/p+1. The Bertz CT molecular complexity index is 527. The summed E-state index contributed by atoms with van der Waals surface area (Å²) in [7, 11) is 0. The van der Waals surface area contributed by atoms with Crippen molar-refractivity contribution in [2.75, 3.05) is 26.2 Å². The molecule has 35 heavy (non-hydrogen) atoms. The van der Waals surface area contributed by atoms with Crippen molar-refractivity contribution >= 4 is 17.9 Å². The van der Waals surface area contributed by atoms with E-state index < -0.39 is 17.9 Å². The van der Waals surface area contributed by atoms with Gasteiger partial charge in [-0.2, -0.15) is 0 Å². The third-order valence-electron chi connectivity index (χ3n) is 6.86. The van der Waals surface area contributed by atoms with Gasteiger partial charge in [0.25, 0.3) is 0 Å². The van der Waals surface area contributed by atoms with Gasteiger partial charge >= 0.3 is 17.9 Å². The quantitative estimate of drug-likeness (QED) is 0.0663. The summed E-state index contributed by atoms with van der Waals surface area (Å²) in [6.07, 6.45) is 20.0. The molecule has 7 heteroatoms. The lowest BCUT2D eigenvalue weighted by atomic mass is 10.0. The molecule has 0 bridgehead atoms. The van der Waals surface area contributed by atoms with Crippen LogP contribution in [0.2, 0.25) is 0 Å². The molecule has 0 rings (SSSR count). The highest BCUT2D eigenvalue weighted by molar-refractivity contribution is 5.67. The zero-order chi connectivity index (χ0) is 26.2. The molecule has 0 aromatic rings. The molecule has 0 aliphatic rings. The van der Waals surface area contributed by atoms with E-state index in [0.29, 0.717) is 43.4 Å². The van der Waals surface area contributed by atoms with E-state index in [-0.39, 0.29) is 19.3 Å². The molecule has 0 saturated carbocycles. The van der Waals surface area contributed by atoms with E-state index >= 15 is 0 Å². The first-order valence-corrected chi connectivity index (χ1v) is 13.9. The molecule has 0 aromatic heterocycles. The van der Waals surface area contributed by atoms with Gasteiger partial charge in [-0.1, -0.05) is 63.9 Å². The SMILES string of the molecule is C=CCCCCCCCCCCCCCC[N+](CCCC(=O)O)(CCCC(=O)O)CCCC(=O)O. The number of rotatable bonds is 27. The van der Waals surface area contributed by atoms with Crippen molar-refractivity contribution in [3.05, 3.63) is 12.7 Å². The van der Waals surface area contributed by atoms with Gasteiger partial charge in [-0.3, -0.25) is 14.4 Å². The number of nitrogens with zero attached hydrogens (tertiary/aromatic N) is 1. The van der Waals surface area contributed by atoms with Crippen LogP contribution in [0.4, 0.5) is 0 Å². The molecule has 7 nitrogen and oxygen atoms in total. The molecule has 0 amide bonds. The van der Waals surface area contributed by atoms with Gasteiger partial charge in [0.15, 0.2) is 0 Å². The fraction of sp³-hybridized carbons (Fsp3) is 0.821. The van der Waals surface area contributed by atoms with E-state index in [1.165, 1.54) is 64.2 Å². The Balaban J connectivity index is 4.35. The molecular weight excluding hydrogens is 446 g/mol. The maximum absolute atomic E-state index is 11.0. The Kier molecular flexibility index (Phi) is 21.3. The Morgan fingerprint density at radius 2 is 0.771 bits per heavy atom. The summed E-state index contributed by atoms with van der Waals surface area (Å²) >= 11 is 0. The number of hydrogen-bond acceptors (Lipinski definition) is 3. The molecule has 0 spiro atoms. The van der Waals surface area contributed by atoms with Crippen LogP contribution in [0.15, 0.2) is 12.7 Å². The van der Waals surface area contributed by atoms with Crippen LogP contribution < -0.4 is 0 Å². The van der Waals surface area contributed by atoms with Crippen LogP contribution in [0.5, 0.6) is 0 Å². The van der Waals surface area contributed by atoms with Crippen LogP contribution in [0.3, 0.4) is 0 Å². The van der Waals surface area contributed by atoms with Gasteiger partial charge < -0.3 is 19.8 Å². The highest BCUT2D eigenvalue weighted by atomic mass is 16.4. The monoisotopic (exact) mass is 498 g/mol. The predicted octanol–water partition coefficient (Wildman–Crippen LogP) is 6.65. The van der Waals surface area contributed by atoms with Crippen LogP contribution >= 0.6 is 0 Å². The molecular formula is C28H52NO6+. The molecule has 0 aliphatic carbocycles. The third-order valence-corrected chi connectivity index (χ3v) is 6.86. The fourth-order valence-corrected chi connectivity index (χ4v) is 4.87. The summed E-state index contributed by atoms with van der Waals surface area (Å²) in [4.78, 5) is 33.1. The highest BCUT2D eigenvalue weighted by Gasteiger charge is 2.27. The van der Waals surface area contributed by atoms with Crippen LogP contribution in [0.25, 0.3) is 0 Å². The van der Waals surface area contributed by atoms with Gasteiger partial charge in [0.2, 0.25) is 0 Å². The van der Waals surface area contributed by atoms with Crippen molar-refractivity contribution in [1.82, 2.24) is 0 Å². The van der Waals surface area contributed by atoms with E-state index in [1.54, 1.807) is 0 Å². The zero-order valence-corrected chi connectivity index (χ0v) is 22.1. The summed E-state index contributed by atoms with van der Waals surface area (Å²) in [6.45, 7) is 6.62. The van der Waals surface area contributed by atoms with Gasteiger partial charge in [-0.25, -0.2) is 0 Å². The second-order valence-corrected chi connectivity index (χ2v) is 10.0. The first kappa shape index (κ1) is 33.1. The van der Waals surface area contributed by atoms with Crippen molar-refractivity contribution < 1.29 is 34.2 Å². The second-order valence-electron chi connectivity index (χ2n) is 10.0. The number of carboxylic acid groups (broad SMARTS) is 3. The van der Waals surface area contributed by atoms with Crippen LogP contribution in [-0.4, -0.2) is 63.9 Å². The molecule has 0 radical (unpaired) electrons. The molecule has 0 saturated heterocycles. The molecule has 3 N–H and O–H groups in total. The van der Waals surface area contributed by atoms with Crippen molar-refractivity contribution in [2.45, 2.75) is 122 Å². The summed E-state index contributed by atoms with van der Waals surface area (Å²) < 4.78 is 0.640. The minimum atomic E-state index is -0.827. The minimum Gasteiger partial charge on any atom is -0.481 e. The average Bonchev–Trinajstić information content (AvgIpc) is 2.78. The molecule has 0 aliphatic heterocycles. The van der Waals surface area contributed by atoms with E-state index in [4.69, 9.17) is 15.3 Å². The lowest BCUT2D eigenvalue weighted by molar-refractivity contribution is -0.929. The Labute approximate surface area is 213 Å². The fourth-order valence-electron chi connectivity index (χ4n) is 4.87. The number of quaternary nitrogens is 1. The van der Waals surface area contributed by atoms with E-state index in [9.17, 15) is 14.4 Å². The van der Waals surface area contributed by atoms with Crippen molar-refractivity contribution in [1.29, 1.82) is 0 Å². The zero-order valence-electron chi connectivity index (χ0n) is 22.1. The van der Waals surface area contributed by atoms with Gasteiger partial charge in [0.05, 0.1) is 45.4 Å². The summed E-state index contributed by atoms with van der Waals surface area (Å²) in [5.74, 6) is -2.48. The van der Waals surface area contributed by atoms with Gasteiger partial charge in [0.1, 0.15) is 0 Å². The number of unbranched alkanes of at least 4 members (excludes halogenated alkanes) is 12. The third kappa shape index (κ3) is 22.3. The Morgan fingerprint density at radius 1 is 0.486 bits per heavy atom. The normalized spacial score (nSPS) is 11.4. The average molecular weight is 499 g/mol. The lowest BCUT2D eigenvalue weighted by Crippen LogP contribution is -2.51. The summed E-state index contributed by atoms with van der Waals surface area (Å²) in [5, 5.41) is 27.2. The van der Waals surface area contributed by atoms with Crippen molar-refractivity contribution in [2.24, 2.45) is 0 Å². The molecule has 0 heterocycles.